The second-order valence-corrected chi connectivity index (χ2v) is 4.40. The third-order valence-electron chi connectivity index (χ3n) is 2.82. The third-order valence-corrected chi connectivity index (χ3v) is 2.82. The van der Waals surface area contributed by atoms with Crippen molar-refractivity contribution in [2.45, 2.75) is 18.9 Å². The first-order valence-electron chi connectivity index (χ1n) is 6.27. The topological polar surface area (TPSA) is 78.0 Å². The van der Waals surface area contributed by atoms with Crippen molar-refractivity contribution in [2.24, 2.45) is 12.9 Å². The van der Waals surface area contributed by atoms with Crippen molar-refractivity contribution in [3.8, 4) is 5.75 Å². The molecule has 1 atom stereocenters. The zero-order valence-corrected chi connectivity index (χ0v) is 11.0. The fourth-order valence-corrected chi connectivity index (χ4v) is 1.82. The monoisotopic (exact) mass is 261 g/mol. The van der Waals surface area contributed by atoms with E-state index in [4.69, 9.17) is 10.6 Å². The van der Waals surface area contributed by atoms with Crippen molar-refractivity contribution in [3.63, 3.8) is 0 Å². The summed E-state index contributed by atoms with van der Waals surface area (Å²) in [5.74, 6) is 6.42. The summed E-state index contributed by atoms with van der Waals surface area (Å²) >= 11 is 0. The molecule has 0 aliphatic heterocycles. The van der Waals surface area contributed by atoms with Crippen LogP contribution in [0.2, 0.25) is 0 Å². The van der Waals surface area contributed by atoms with Gasteiger partial charge in [-0.3, -0.25) is 16.0 Å². The molecule has 0 fully saturated rings. The van der Waals surface area contributed by atoms with E-state index in [1.807, 2.05) is 43.6 Å². The normalized spacial score (nSPS) is 12.3. The van der Waals surface area contributed by atoms with E-state index < -0.39 is 0 Å². The molecule has 6 heteroatoms. The van der Waals surface area contributed by atoms with Crippen LogP contribution in [0.5, 0.6) is 5.75 Å². The molecule has 0 radical (unpaired) electrons. The second kappa shape index (κ2) is 6.86. The van der Waals surface area contributed by atoms with Crippen molar-refractivity contribution in [1.29, 1.82) is 0 Å². The van der Waals surface area contributed by atoms with Crippen molar-refractivity contribution in [3.05, 3.63) is 42.2 Å². The number of para-hydroxylation sites is 1. The van der Waals surface area contributed by atoms with Crippen molar-refractivity contribution in [2.75, 3.05) is 6.61 Å². The van der Waals surface area contributed by atoms with Gasteiger partial charge in [0.05, 0.1) is 12.3 Å². The molecular weight excluding hydrogens is 242 g/mol. The van der Waals surface area contributed by atoms with Gasteiger partial charge >= 0.3 is 0 Å². The van der Waals surface area contributed by atoms with E-state index in [9.17, 15) is 0 Å². The minimum atomic E-state index is 0.125. The number of rotatable bonds is 7. The summed E-state index contributed by atoms with van der Waals surface area (Å²) in [6, 6.07) is 9.87. The molecule has 19 heavy (non-hydrogen) atoms. The highest BCUT2D eigenvalue weighted by atomic mass is 16.5. The van der Waals surface area contributed by atoms with Gasteiger partial charge in [0, 0.05) is 25.7 Å². The smallest absolute Gasteiger partial charge is 0.119 e. The van der Waals surface area contributed by atoms with Crippen LogP contribution in [-0.2, 0) is 13.5 Å². The summed E-state index contributed by atoms with van der Waals surface area (Å²) in [4.78, 5) is 0. The minimum Gasteiger partial charge on any atom is -0.494 e. The van der Waals surface area contributed by atoms with Gasteiger partial charge in [-0.05, 0) is 18.6 Å². The number of aromatic nitrogens is 3. The molecule has 0 amide bonds. The molecule has 1 heterocycles. The van der Waals surface area contributed by atoms with Crippen molar-refractivity contribution in [1.82, 2.24) is 20.4 Å². The Balaban J connectivity index is 1.76. The molecule has 1 aromatic carbocycles. The highest BCUT2D eigenvalue weighted by Gasteiger charge is 2.10. The Hall–Kier alpha value is -1.92. The lowest BCUT2D eigenvalue weighted by Gasteiger charge is -2.14. The predicted molar refractivity (Wildman–Crippen MR) is 72.4 cm³/mol. The number of aryl methyl sites for hydroxylation is 1. The first-order chi connectivity index (χ1) is 9.28. The molecule has 0 bridgehead atoms. The summed E-state index contributed by atoms with van der Waals surface area (Å²) in [5.41, 5.74) is 3.71. The molecule has 0 aliphatic carbocycles. The summed E-state index contributed by atoms with van der Waals surface area (Å²) in [7, 11) is 1.85. The Morgan fingerprint density at radius 1 is 1.37 bits per heavy atom. The number of nitrogens with two attached hydrogens (primary N) is 1. The van der Waals surface area contributed by atoms with Crippen LogP contribution < -0.4 is 16.0 Å². The predicted octanol–water partition coefficient (Wildman–Crippen LogP) is 0.659. The number of nitrogens with one attached hydrogen (secondary N) is 1. The zero-order chi connectivity index (χ0) is 13.5. The lowest BCUT2D eigenvalue weighted by atomic mass is 10.1. The molecule has 6 nitrogen and oxygen atoms in total. The molecule has 0 aliphatic rings. The fraction of sp³-hybridized carbons (Fsp3) is 0.385. The molecule has 2 rings (SSSR count). The van der Waals surface area contributed by atoms with Crippen molar-refractivity contribution < 1.29 is 4.74 Å². The SMILES string of the molecule is Cn1cc(CC(CCOc2ccccc2)NN)nn1. The van der Waals surface area contributed by atoms with Gasteiger partial charge in [0.1, 0.15) is 5.75 Å². The summed E-state index contributed by atoms with van der Waals surface area (Å²) in [6.45, 7) is 0.610. The zero-order valence-electron chi connectivity index (χ0n) is 11.0. The number of ether oxygens (including phenoxy) is 1. The molecule has 3 N–H and O–H groups in total. The maximum atomic E-state index is 5.64. The quantitative estimate of drug-likeness (QED) is 0.565. The van der Waals surface area contributed by atoms with E-state index in [0.717, 1.165) is 24.3 Å². The first-order valence-corrected chi connectivity index (χ1v) is 6.27. The average Bonchev–Trinajstić information content (AvgIpc) is 2.84. The van der Waals surface area contributed by atoms with Gasteiger partial charge in [0.2, 0.25) is 0 Å². The maximum absolute atomic E-state index is 5.64. The standard InChI is InChI=1S/C13H19N5O/c1-18-10-12(16-17-18)9-11(15-14)7-8-19-13-5-3-2-4-6-13/h2-6,10-11,15H,7-9,14H2,1H3. The second-order valence-electron chi connectivity index (χ2n) is 4.40. The number of hydrogen-bond donors (Lipinski definition) is 2. The Bertz CT molecular complexity index is 485. The van der Waals surface area contributed by atoms with Crippen LogP contribution in [0.4, 0.5) is 0 Å². The van der Waals surface area contributed by atoms with Gasteiger partial charge in [0.25, 0.3) is 0 Å². The van der Waals surface area contributed by atoms with Crippen LogP contribution in [0, 0.1) is 0 Å². The summed E-state index contributed by atoms with van der Waals surface area (Å²) < 4.78 is 7.33. The molecule has 102 valence electrons. The Kier molecular flexibility index (Phi) is 4.88. The maximum Gasteiger partial charge on any atom is 0.119 e. The van der Waals surface area contributed by atoms with Crippen LogP contribution in [0.15, 0.2) is 36.5 Å². The van der Waals surface area contributed by atoms with Gasteiger partial charge in [-0.2, -0.15) is 0 Å². The lowest BCUT2D eigenvalue weighted by Crippen LogP contribution is -2.38. The molecule has 0 saturated heterocycles. The van der Waals surface area contributed by atoms with E-state index >= 15 is 0 Å². The van der Waals surface area contributed by atoms with E-state index in [2.05, 4.69) is 15.7 Å². The highest BCUT2D eigenvalue weighted by Crippen LogP contribution is 2.09. The van der Waals surface area contributed by atoms with Gasteiger partial charge < -0.3 is 4.74 Å². The van der Waals surface area contributed by atoms with E-state index in [0.29, 0.717) is 6.61 Å². The first kappa shape index (κ1) is 13.5. The number of hydrazine groups is 1. The lowest BCUT2D eigenvalue weighted by molar-refractivity contribution is 0.285. The fourth-order valence-electron chi connectivity index (χ4n) is 1.82. The van der Waals surface area contributed by atoms with Crippen molar-refractivity contribution >= 4 is 0 Å². The number of hydrogen-bond acceptors (Lipinski definition) is 5. The van der Waals surface area contributed by atoms with Gasteiger partial charge in [-0.15, -0.1) is 5.10 Å². The third kappa shape index (κ3) is 4.35. The Morgan fingerprint density at radius 2 is 2.16 bits per heavy atom. The van der Waals surface area contributed by atoms with E-state index in [1.54, 1.807) is 4.68 Å². The molecule has 0 saturated carbocycles. The summed E-state index contributed by atoms with van der Waals surface area (Å²) in [6.07, 6.45) is 3.44. The molecule has 1 aromatic heterocycles. The Labute approximate surface area is 112 Å². The van der Waals surface area contributed by atoms with Gasteiger partial charge in [-0.1, -0.05) is 23.4 Å². The molecule has 0 spiro atoms. The van der Waals surface area contributed by atoms with Crippen LogP contribution >= 0.6 is 0 Å². The minimum absolute atomic E-state index is 0.125. The average molecular weight is 261 g/mol. The van der Waals surface area contributed by atoms with Gasteiger partial charge in [-0.25, -0.2) is 0 Å². The van der Waals surface area contributed by atoms with Gasteiger partial charge in [0.15, 0.2) is 0 Å². The number of benzene rings is 1. The summed E-state index contributed by atoms with van der Waals surface area (Å²) in [5, 5.41) is 7.95. The molecular formula is C13H19N5O. The Morgan fingerprint density at radius 3 is 2.79 bits per heavy atom. The van der Waals surface area contributed by atoms with Crippen LogP contribution in [-0.4, -0.2) is 27.6 Å². The largest absolute Gasteiger partial charge is 0.494 e. The molecule has 2 aromatic rings. The highest BCUT2D eigenvalue weighted by molar-refractivity contribution is 5.20. The van der Waals surface area contributed by atoms with Crippen LogP contribution in [0.25, 0.3) is 0 Å². The van der Waals surface area contributed by atoms with E-state index in [-0.39, 0.29) is 6.04 Å². The molecule has 1 unspecified atom stereocenters. The van der Waals surface area contributed by atoms with Crippen LogP contribution in [0.1, 0.15) is 12.1 Å². The van der Waals surface area contributed by atoms with Crippen LogP contribution in [0.3, 0.4) is 0 Å². The number of nitrogens with zero attached hydrogens (tertiary/aromatic N) is 3. The van der Waals surface area contributed by atoms with E-state index in [1.165, 1.54) is 0 Å².